The highest BCUT2D eigenvalue weighted by Gasteiger charge is 2.14. The number of nitrogens with one attached hydrogen (secondary N) is 1. The topological polar surface area (TPSA) is 94.2 Å². The number of aromatic nitrogens is 1. The van der Waals surface area contributed by atoms with Crippen LogP contribution in [-0.4, -0.2) is 14.7 Å². The highest BCUT2D eigenvalue weighted by Crippen LogP contribution is 2.22. The number of nitrogens with two attached hydrogens (primary N) is 1. The van der Waals surface area contributed by atoms with Crippen LogP contribution in [0, 0.1) is 0 Å². The number of halogens is 2. The molecule has 1 unspecified atom stereocenters. The lowest BCUT2D eigenvalue weighted by Gasteiger charge is -2.13. The molecule has 3 rings (SSSR count). The molecule has 9 heteroatoms. The van der Waals surface area contributed by atoms with E-state index in [0.717, 1.165) is 0 Å². The molecule has 1 amide bonds. The molecule has 2 aromatic carbocycles. The molecule has 28 heavy (non-hydrogen) atoms. The fourth-order valence-electron chi connectivity index (χ4n) is 2.63. The number of anilines is 1. The lowest BCUT2D eigenvalue weighted by atomic mass is 10.1. The highest BCUT2D eigenvalue weighted by molar-refractivity contribution is 7.82. The molecule has 144 valence electrons. The van der Waals surface area contributed by atoms with E-state index in [0.29, 0.717) is 22.0 Å². The van der Waals surface area contributed by atoms with Crippen LogP contribution < -0.4 is 16.0 Å². The second-order valence-corrected chi connectivity index (χ2v) is 7.68. The Bertz CT molecular complexity index is 1130. The Hall–Kier alpha value is -2.45. The summed E-state index contributed by atoms with van der Waals surface area (Å²) in [5.74, 6) is -0.297. The first kappa shape index (κ1) is 20.3. The van der Waals surface area contributed by atoms with Crippen LogP contribution in [-0.2, 0) is 22.2 Å². The average Bonchev–Trinajstić information content (AvgIpc) is 2.66. The molecule has 1 atom stereocenters. The van der Waals surface area contributed by atoms with Crippen molar-refractivity contribution in [2.45, 2.75) is 11.3 Å². The number of hydrogen-bond donors (Lipinski definition) is 2. The van der Waals surface area contributed by atoms with E-state index in [1.807, 2.05) is 0 Å². The van der Waals surface area contributed by atoms with Gasteiger partial charge >= 0.3 is 0 Å². The van der Waals surface area contributed by atoms with Crippen LogP contribution in [0.15, 0.2) is 70.5 Å². The maximum atomic E-state index is 12.3. The molecular weight excluding hydrogens is 421 g/mol. The quantitative estimate of drug-likeness (QED) is 0.643. The van der Waals surface area contributed by atoms with E-state index < -0.39 is 16.5 Å². The normalized spacial score (nSPS) is 11.8. The van der Waals surface area contributed by atoms with Crippen LogP contribution in [0.1, 0.15) is 5.56 Å². The van der Waals surface area contributed by atoms with Crippen LogP contribution >= 0.6 is 23.2 Å². The van der Waals surface area contributed by atoms with E-state index in [-0.39, 0.29) is 22.2 Å². The fourth-order valence-corrected chi connectivity index (χ4v) is 3.61. The molecule has 3 N–H and O–H groups in total. The van der Waals surface area contributed by atoms with Crippen molar-refractivity contribution >= 4 is 45.8 Å². The average molecular weight is 436 g/mol. The van der Waals surface area contributed by atoms with Gasteiger partial charge in [0.05, 0.1) is 17.0 Å². The SMILES string of the molecule is NS(=O)c1cc(NC(=O)Cc2ccccc2Cl)ccc1-n1cccc(Cl)c1=O. The summed E-state index contributed by atoms with van der Waals surface area (Å²) >= 11 is 12.0. The van der Waals surface area contributed by atoms with Gasteiger partial charge < -0.3 is 5.32 Å². The summed E-state index contributed by atoms with van der Waals surface area (Å²) in [4.78, 5) is 24.8. The van der Waals surface area contributed by atoms with Crippen molar-refractivity contribution in [1.82, 2.24) is 4.57 Å². The van der Waals surface area contributed by atoms with Gasteiger partial charge in [-0.2, -0.15) is 0 Å². The first-order valence-corrected chi connectivity index (χ1v) is 10.0. The van der Waals surface area contributed by atoms with Crippen molar-refractivity contribution in [3.8, 4) is 5.69 Å². The van der Waals surface area contributed by atoms with Gasteiger partial charge in [-0.15, -0.1) is 0 Å². The van der Waals surface area contributed by atoms with E-state index >= 15 is 0 Å². The predicted octanol–water partition coefficient (Wildman–Crippen LogP) is 3.31. The number of amides is 1. The number of carbonyl (C=O) groups is 1. The first-order chi connectivity index (χ1) is 13.4. The summed E-state index contributed by atoms with van der Waals surface area (Å²) in [6.07, 6.45) is 1.58. The maximum Gasteiger partial charge on any atom is 0.273 e. The van der Waals surface area contributed by atoms with E-state index in [4.69, 9.17) is 28.3 Å². The van der Waals surface area contributed by atoms with Gasteiger partial charge in [-0.1, -0.05) is 41.4 Å². The predicted molar refractivity (Wildman–Crippen MR) is 111 cm³/mol. The monoisotopic (exact) mass is 435 g/mol. The van der Waals surface area contributed by atoms with Gasteiger partial charge in [-0.05, 0) is 42.0 Å². The zero-order chi connectivity index (χ0) is 20.3. The molecule has 6 nitrogen and oxygen atoms in total. The minimum absolute atomic E-state index is 0.0216. The van der Waals surface area contributed by atoms with Crippen LogP contribution in [0.25, 0.3) is 5.69 Å². The molecule has 0 bridgehead atoms. The molecule has 0 spiro atoms. The van der Waals surface area contributed by atoms with Gasteiger partial charge in [0.1, 0.15) is 16.0 Å². The zero-order valence-corrected chi connectivity index (χ0v) is 16.7. The van der Waals surface area contributed by atoms with Crippen molar-refractivity contribution < 1.29 is 9.00 Å². The summed E-state index contributed by atoms with van der Waals surface area (Å²) in [6.45, 7) is 0. The van der Waals surface area contributed by atoms with Crippen molar-refractivity contribution in [3.63, 3.8) is 0 Å². The summed E-state index contributed by atoms with van der Waals surface area (Å²) in [7, 11) is -1.90. The molecule has 3 aromatic rings. The molecule has 0 fully saturated rings. The number of nitrogens with zero attached hydrogens (tertiary/aromatic N) is 1. The van der Waals surface area contributed by atoms with Crippen LogP contribution in [0.5, 0.6) is 0 Å². The summed E-state index contributed by atoms with van der Waals surface area (Å²) in [6, 6.07) is 14.7. The molecule has 0 aliphatic heterocycles. The van der Waals surface area contributed by atoms with Gasteiger partial charge in [-0.25, -0.2) is 9.35 Å². The largest absolute Gasteiger partial charge is 0.326 e. The second-order valence-electron chi connectivity index (χ2n) is 5.83. The Morgan fingerprint density at radius 2 is 1.79 bits per heavy atom. The van der Waals surface area contributed by atoms with Crippen LogP contribution in [0.3, 0.4) is 0 Å². The van der Waals surface area contributed by atoms with E-state index in [1.165, 1.54) is 22.9 Å². The molecule has 0 saturated carbocycles. The van der Waals surface area contributed by atoms with Crippen molar-refractivity contribution in [2.75, 3.05) is 5.32 Å². The first-order valence-electron chi connectivity index (χ1n) is 8.08. The van der Waals surface area contributed by atoms with Gasteiger partial charge in [0.15, 0.2) is 0 Å². The van der Waals surface area contributed by atoms with E-state index in [2.05, 4.69) is 5.32 Å². The second kappa shape index (κ2) is 8.70. The zero-order valence-electron chi connectivity index (χ0n) is 14.4. The molecule has 1 heterocycles. The molecule has 1 aromatic heterocycles. The van der Waals surface area contributed by atoms with Crippen LogP contribution in [0.4, 0.5) is 5.69 Å². The van der Waals surface area contributed by atoms with Crippen molar-refractivity contribution in [3.05, 3.63) is 86.8 Å². The van der Waals surface area contributed by atoms with Crippen molar-refractivity contribution in [1.29, 1.82) is 0 Å². The third kappa shape index (κ3) is 4.51. The summed E-state index contributed by atoms with van der Waals surface area (Å²) in [5, 5.41) is 8.81. The number of hydrogen-bond acceptors (Lipinski definition) is 3. The standard InChI is InChI=1S/C19H15Cl2N3O3S/c20-14-5-2-1-4-12(14)10-18(25)23-13-7-8-16(17(11-13)28(22)27)24-9-3-6-15(21)19(24)26/h1-9,11H,10,22H2,(H,23,25). The third-order valence-electron chi connectivity index (χ3n) is 3.93. The lowest BCUT2D eigenvalue weighted by molar-refractivity contribution is -0.115. The van der Waals surface area contributed by atoms with Gasteiger partial charge in [0.2, 0.25) is 5.91 Å². The molecule has 0 saturated heterocycles. The number of pyridine rings is 1. The smallest absolute Gasteiger partial charge is 0.273 e. The fraction of sp³-hybridized carbons (Fsp3) is 0.0526. The Kier molecular flexibility index (Phi) is 6.31. The van der Waals surface area contributed by atoms with Crippen LogP contribution in [0.2, 0.25) is 10.0 Å². The third-order valence-corrected chi connectivity index (χ3v) is 5.35. The Balaban J connectivity index is 1.90. The molecule has 0 aliphatic carbocycles. The van der Waals surface area contributed by atoms with Gasteiger partial charge in [-0.3, -0.25) is 14.2 Å². The lowest BCUT2D eigenvalue weighted by Crippen LogP contribution is -2.21. The maximum absolute atomic E-state index is 12.3. The minimum Gasteiger partial charge on any atom is -0.326 e. The van der Waals surface area contributed by atoms with Gasteiger partial charge in [0.25, 0.3) is 5.56 Å². The van der Waals surface area contributed by atoms with Crippen molar-refractivity contribution in [2.24, 2.45) is 5.14 Å². The Morgan fingerprint density at radius 1 is 1.07 bits per heavy atom. The highest BCUT2D eigenvalue weighted by atomic mass is 35.5. The Labute approximate surface area is 173 Å². The number of rotatable bonds is 5. The summed E-state index contributed by atoms with van der Waals surface area (Å²) < 4.78 is 13.3. The molecular formula is C19H15Cl2N3O3S. The van der Waals surface area contributed by atoms with Gasteiger partial charge in [0, 0.05) is 16.9 Å². The number of benzene rings is 2. The Morgan fingerprint density at radius 3 is 2.50 bits per heavy atom. The van der Waals surface area contributed by atoms with E-state index in [9.17, 15) is 13.8 Å². The van der Waals surface area contributed by atoms with E-state index in [1.54, 1.807) is 42.5 Å². The molecule has 0 aliphatic rings. The minimum atomic E-state index is -1.90. The summed E-state index contributed by atoms with van der Waals surface area (Å²) in [5.41, 5.74) is 0.930. The molecule has 0 radical (unpaired) electrons. The number of carbonyl (C=O) groups excluding carboxylic acids is 1.